The van der Waals surface area contributed by atoms with Crippen LogP contribution in [0, 0.1) is 0 Å². The average molecular weight is 213 g/mol. The maximum Gasteiger partial charge on any atom is 0.305 e. The van der Waals surface area contributed by atoms with E-state index in [1.54, 1.807) is 24.8 Å². The maximum atomic E-state index is 11.8. The van der Waals surface area contributed by atoms with Crippen molar-refractivity contribution < 1.29 is 14.7 Å². The largest absolute Gasteiger partial charge is 0.481 e. The third-order valence-corrected chi connectivity index (χ3v) is 2.22. The van der Waals surface area contributed by atoms with Crippen molar-refractivity contribution in [1.29, 1.82) is 0 Å². The van der Waals surface area contributed by atoms with Crippen molar-refractivity contribution in [2.75, 3.05) is 6.54 Å². The second-order valence-electron chi connectivity index (χ2n) is 3.71. The lowest BCUT2D eigenvalue weighted by Gasteiger charge is -2.26. The van der Waals surface area contributed by atoms with Gasteiger partial charge in [-0.05, 0) is 27.7 Å². The van der Waals surface area contributed by atoms with Gasteiger partial charge in [-0.1, -0.05) is 6.08 Å². The molecule has 15 heavy (non-hydrogen) atoms. The molecular formula is C11H19NO3. The molecule has 0 aromatic heterocycles. The van der Waals surface area contributed by atoms with E-state index in [1.165, 1.54) is 0 Å². The van der Waals surface area contributed by atoms with Crippen LogP contribution in [0.15, 0.2) is 11.6 Å². The molecule has 4 heteroatoms. The van der Waals surface area contributed by atoms with Gasteiger partial charge in [-0.3, -0.25) is 9.59 Å². The minimum Gasteiger partial charge on any atom is -0.481 e. The van der Waals surface area contributed by atoms with E-state index in [9.17, 15) is 9.59 Å². The zero-order chi connectivity index (χ0) is 12.0. The van der Waals surface area contributed by atoms with Crippen LogP contribution in [0.4, 0.5) is 0 Å². The first-order valence-electron chi connectivity index (χ1n) is 5.05. The minimum absolute atomic E-state index is 0.0130. The molecule has 0 saturated heterocycles. The fourth-order valence-electron chi connectivity index (χ4n) is 1.16. The SMILES string of the molecule is C/C=C(/C)C(=O)N(CCC(=O)O)C(C)C. The van der Waals surface area contributed by atoms with Gasteiger partial charge in [-0.25, -0.2) is 0 Å². The van der Waals surface area contributed by atoms with Crippen molar-refractivity contribution in [3.8, 4) is 0 Å². The summed E-state index contributed by atoms with van der Waals surface area (Å²) < 4.78 is 0. The molecule has 0 fully saturated rings. The number of aliphatic carboxylic acids is 1. The predicted molar refractivity (Wildman–Crippen MR) is 58.5 cm³/mol. The Morgan fingerprint density at radius 2 is 1.93 bits per heavy atom. The summed E-state index contributed by atoms with van der Waals surface area (Å²) in [7, 11) is 0. The number of carboxylic acid groups (broad SMARTS) is 1. The number of hydrogen-bond acceptors (Lipinski definition) is 2. The molecule has 0 atom stereocenters. The minimum atomic E-state index is -0.883. The molecule has 86 valence electrons. The van der Waals surface area contributed by atoms with E-state index in [1.807, 2.05) is 13.8 Å². The number of carbonyl (C=O) groups is 2. The van der Waals surface area contributed by atoms with Crippen molar-refractivity contribution in [2.24, 2.45) is 0 Å². The lowest BCUT2D eigenvalue weighted by Crippen LogP contribution is -2.38. The summed E-state index contributed by atoms with van der Waals surface area (Å²) in [4.78, 5) is 23.8. The number of allylic oxidation sites excluding steroid dienone is 1. The van der Waals surface area contributed by atoms with Crippen molar-refractivity contribution >= 4 is 11.9 Å². The molecule has 0 heterocycles. The molecule has 0 aliphatic carbocycles. The number of amides is 1. The Morgan fingerprint density at radius 1 is 1.40 bits per heavy atom. The standard InChI is InChI=1S/C11H19NO3/c1-5-9(4)11(15)12(8(2)3)7-6-10(13)14/h5,8H,6-7H2,1-4H3,(H,13,14)/b9-5-. The molecule has 0 radical (unpaired) electrons. The molecule has 0 unspecified atom stereocenters. The monoisotopic (exact) mass is 213 g/mol. The van der Waals surface area contributed by atoms with Gasteiger partial charge in [0.15, 0.2) is 0 Å². The summed E-state index contributed by atoms with van der Waals surface area (Å²) in [5.41, 5.74) is 0.647. The molecule has 0 saturated carbocycles. The zero-order valence-electron chi connectivity index (χ0n) is 9.78. The van der Waals surface area contributed by atoms with Gasteiger partial charge in [0.2, 0.25) is 5.91 Å². The molecule has 0 aromatic carbocycles. The summed E-state index contributed by atoms with van der Waals surface area (Å²) in [5.74, 6) is -0.972. The van der Waals surface area contributed by atoms with Crippen LogP contribution in [0.2, 0.25) is 0 Å². The third kappa shape index (κ3) is 4.63. The van der Waals surface area contributed by atoms with Crippen LogP contribution in [0.25, 0.3) is 0 Å². The van der Waals surface area contributed by atoms with Crippen LogP contribution in [0.5, 0.6) is 0 Å². The first-order valence-corrected chi connectivity index (χ1v) is 5.05. The quantitative estimate of drug-likeness (QED) is 0.707. The summed E-state index contributed by atoms with van der Waals surface area (Å²) >= 11 is 0. The van der Waals surface area contributed by atoms with Crippen LogP contribution in [0.3, 0.4) is 0 Å². The Balaban J connectivity index is 4.53. The highest BCUT2D eigenvalue weighted by atomic mass is 16.4. The fraction of sp³-hybridized carbons (Fsp3) is 0.636. The van der Waals surface area contributed by atoms with Crippen molar-refractivity contribution in [2.45, 2.75) is 40.2 Å². The molecule has 0 aliphatic rings. The number of rotatable bonds is 5. The average Bonchev–Trinajstić information content (AvgIpc) is 2.15. The molecule has 0 aromatic rings. The molecule has 1 N–H and O–H groups in total. The summed E-state index contributed by atoms with van der Waals surface area (Å²) in [5, 5.41) is 8.57. The molecule has 0 bridgehead atoms. The van der Waals surface area contributed by atoms with Crippen LogP contribution in [-0.2, 0) is 9.59 Å². The smallest absolute Gasteiger partial charge is 0.305 e. The molecule has 1 amide bonds. The molecule has 4 nitrogen and oxygen atoms in total. The number of nitrogens with zero attached hydrogens (tertiary/aromatic N) is 1. The molecule has 0 rings (SSSR count). The molecular weight excluding hydrogens is 194 g/mol. The maximum absolute atomic E-state index is 11.8. The molecule has 0 spiro atoms. The number of hydrogen-bond donors (Lipinski definition) is 1. The van der Waals surface area contributed by atoms with Crippen LogP contribution >= 0.6 is 0 Å². The predicted octanol–water partition coefficient (Wildman–Crippen LogP) is 1.66. The van der Waals surface area contributed by atoms with Gasteiger partial charge < -0.3 is 10.0 Å². The first-order chi connectivity index (χ1) is 6.90. The van der Waals surface area contributed by atoms with Gasteiger partial charge in [0.25, 0.3) is 0 Å². The first kappa shape index (κ1) is 13.7. The van der Waals surface area contributed by atoms with E-state index in [0.29, 0.717) is 5.57 Å². The highest BCUT2D eigenvalue weighted by Gasteiger charge is 2.18. The van der Waals surface area contributed by atoms with Crippen molar-refractivity contribution in [3.05, 3.63) is 11.6 Å². The van der Waals surface area contributed by atoms with E-state index >= 15 is 0 Å². The Bertz CT molecular complexity index is 269. The summed E-state index contributed by atoms with van der Waals surface area (Å²) in [6, 6.07) is 0.0201. The van der Waals surface area contributed by atoms with Gasteiger partial charge in [0.05, 0.1) is 6.42 Å². The van der Waals surface area contributed by atoms with Crippen LogP contribution < -0.4 is 0 Å². The van der Waals surface area contributed by atoms with Crippen molar-refractivity contribution in [1.82, 2.24) is 4.90 Å². The summed E-state index contributed by atoms with van der Waals surface area (Å²) in [6.07, 6.45) is 1.72. The summed E-state index contributed by atoms with van der Waals surface area (Å²) in [6.45, 7) is 7.55. The van der Waals surface area contributed by atoms with Crippen molar-refractivity contribution in [3.63, 3.8) is 0 Å². The molecule has 0 aliphatic heterocycles. The fourth-order valence-corrected chi connectivity index (χ4v) is 1.16. The van der Waals surface area contributed by atoms with E-state index in [2.05, 4.69) is 0 Å². The van der Waals surface area contributed by atoms with Crippen LogP contribution in [0.1, 0.15) is 34.1 Å². The van der Waals surface area contributed by atoms with E-state index < -0.39 is 5.97 Å². The van der Waals surface area contributed by atoms with Gasteiger partial charge in [0, 0.05) is 18.2 Å². The van der Waals surface area contributed by atoms with Gasteiger partial charge in [0.1, 0.15) is 0 Å². The normalized spacial score (nSPS) is 11.7. The van der Waals surface area contributed by atoms with E-state index in [4.69, 9.17) is 5.11 Å². The highest BCUT2D eigenvalue weighted by molar-refractivity contribution is 5.93. The Kier molecular flexibility index (Phi) is 5.67. The van der Waals surface area contributed by atoms with E-state index in [0.717, 1.165) is 0 Å². The second kappa shape index (κ2) is 6.22. The Labute approximate surface area is 90.6 Å². The Hall–Kier alpha value is -1.32. The Morgan fingerprint density at radius 3 is 2.27 bits per heavy atom. The number of carboxylic acids is 1. The lowest BCUT2D eigenvalue weighted by molar-refractivity contribution is -0.138. The van der Waals surface area contributed by atoms with E-state index in [-0.39, 0.29) is 24.9 Å². The third-order valence-electron chi connectivity index (χ3n) is 2.22. The van der Waals surface area contributed by atoms with Gasteiger partial charge in [-0.15, -0.1) is 0 Å². The van der Waals surface area contributed by atoms with Gasteiger partial charge >= 0.3 is 5.97 Å². The second-order valence-corrected chi connectivity index (χ2v) is 3.71. The highest BCUT2D eigenvalue weighted by Crippen LogP contribution is 2.07. The number of carbonyl (C=O) groups excluding carboxylic acids is 1. The zero-order valence-corrected chi connectivity index (χ0v) is 9.78. The van der Waals surface area contributed by atoms with Gasteiger partial charge in [-0.2, -0.15) is 0 Å². The van der Waals surface area contributed by atoms with Crippen LogP contribution in [-0.4, -0.2) is 34.5 Å². The topological polar surface area (TPSA) is 57.6 Å². The lowest BCUT2D eigenvalue weighted by atomic mass is 10.2.